The SMILES string of the molecule is O=C(O)C(COc1cccnc1)C1CCCCC1. The number of pyridine rings is 1. The molecule has 4 heteroatoms. The molecule has 1 atom stereocenters. The molecule has 0 aromatic carbocycles. The summed E-state index contributed by atoms with van der Waals surface area (Å²) in [5.74, 6) is -0.247. The van der Waals surface area contributed by atoms with Gasteiger partial charge >= 0.3 is 5.97 Å². The topological polar surface area (TPSA) is 59.4 Å². The highest BCUT2D eigenvalue weighted by molar-refractivity contribution is 5.70. The minimum atomic E-state index is -0.745. The Morgan fingerprint density at radius 1 is 1.44 bits per heavy atom. The predicted molar refractivity (Wildman–Crippen MR) is 67.4 cm³/mol. The van der Waals surface area contributed by atoms with Gasteiger partial charge in [-0.25, -0.2) is 0 Å². The molecule has 1 fully saturated rings. The molecule has 4 nitrogen and oxygen atoms in total. The maximum Gasteiger partial charge on any atom is 0.310 e. The fraction of sp³-hybridized carbons (Fsp3) is 0.571. The zero-order valence-electron chi connectivity index (χ0n) is 10.4. The van der Waals surface area contributed by atoms with E-state index in [4.69, 9.17) is 4.74 Å². The van der Waals surface area contributed by atoms with Gasteiger partial charge in [0.15, 0.2) is 0 Å². The number of hydrogen-bond donors (Lipinski definition) is 1. The van der Waals surface area contributed by atoms with Crippen molar-refractivity contribution in [2.24, 2.45) is 11.8 Å². The molecule has 1 aromatic heterocycles. The van der Waals surface area contributed by atoms with Crippen LogP contribution < -0.4 is 4.74 Å². The summed E-state index contributed by atoms with van der Waals surface area (Å²) in [6, 6.07) is 3.58. The van der Waals surface area contributed by atoms with Gasteiger partial charge in [0.25, 0.3) is 0 Å². The number of carbonyl (C=O) groups is 1. The van der Waals surface area contributed by atoms with Gasteiger partial charge < -0.3 is 9.84 Å². The predicted octanol–water partition coefficient (Wildman–Crippen LogP) is 2.74. The van der Waals surface area contributed by atoms with Crippen molar-refractivity contribution in [3.63, 3.8) is 0 Å². The van der Waals surface area contributed by atoms with Crippen LogP contribution in [0.25, 0.3) is 0 Å². The number of ether oxygens (including phenoxy) is 1. The maximum absolute atomic E-state index is 11.3. The second-order valence-electron chi connectivity index (χ2n) is 4.84. The number of rotatable bonds is 5. The lowest BCUT2D eigenvalue weighted by atomic mass is 9.80. The number of carboxylic acid groups (broad SMARTS) is 1. The molecule has 1 unspecified atom stereocenters. The Bertz CT molecular complexity index is 374. The van der Waals surface area contributed by atoms with Crippen molar-refractivity contribution < 1.29 is 14.6 Å². The summed E-state index contributed by atoms with van der Waals surface area (Å²) in [5.41, 5.74) is 0. The van der Waals surface area contributed by atoms with E-state index in [9.17, 15) is 9.90 Å². The van der Waals surface area contributed by atoms with Crippen molar-refractivity contribution in [1.82, 2.24) is 4.98 Å². The first-order valence-electron chi connectivity index (χ1n) is 6.53. The van der Waals surface area contributed by atoms with Crippen LogP contribution in [-0.4, -0.2) is 22.7 Å². The van der Waals surface area contributed by atoms with E-state index in [1.165, 1.54) is 6.42 Å². The largest absolute Gasteiger partial charge is 0.491 e. The fourth-order valence-corrected chi connectivity index (χ4v) is 2.56. The third kappa shape index (κ3) is 3.45. The molecule has 1 saturated carbocycles. The number of nitrogens with zero attached hydrogens (tertiary/aromatic N) is 1. The summed E-state index contributed by atoms with van der Waals surface area (Å²) >= 11 is 0. The fourth-order valence-electron chi connectivity index (χ4n) is 2.56. The molecule has 1 aromatic rings. The molecule has 1 heterocycles. The van der Waals surface area contributed by atoms with Crippen LogP contribution in [-0.2, 0) is 4.79 Å². The monoisotopic (exact) mass is 249 g/mol. The van der Waals surface area contributed by atoms with Gasteiger partial charge in [-0.05, 0) is 30.9 Å². The Balaban J connectivity index is 1.92. The van der Waals surface area contributed by atoms with Crippen molar-refractivity contribution in [3.8, 4) is 5.75 Å². The van der Waals surface area contributed by atoms with Crippen molar-refractivity contribution >= 4 is 5.97 Å². The Hall–Kier alpha value is -1.58. The van der Waals surface area contributed by atoms with Gasteiger partial charge in [-0.15, -0.1) is 0 Å². The number of carboxylic acids is 1. The summed E-state index contributed by atoms with van der Waals surface area (Å²) in [7, 11) is 0. The number of aromatic nitrogens is 1. The summed E-state index contributed by atoms with van der Waals surface area (Å²) in [5, 5.41) is 9.31. The number of hydrogen-bond acceptors (Lipinski definition) is 3. The van der Waals surface area contributed by atoms with Crippen LogP contribution in [0.15, 0.2) is 24.5 Å². The zero-order valence-corrected chi connectivity index (χ0v) is 10.4. The van der Waals surface area contributed by atoms with Gasteiger partial charge in [-0.1, -0.05) is 19.3 Å². The molecular weight excluding hydrogens is 230 g/mol. The quantitative estimate of drug-likeness (QED) is 0.871. The molecule has 1 aliphatic carbocycles. The second kappa shape index (κ2) is 6.38. The van der Waals surface area contributed by atoms with Crippen molar-refractivity contribution in [1.29, 1.82) is 0 Å². The van der Waals surface area contributed by atoms with Crippen molar-refractivity contribution in [2.45, 2.75) is 32.1 Å². The molecule has 0 saturated heterocycles. The van der Waals surface area contributed by atoms with Crippen LogP contribution in [0.3, 0.4) is 0 Å². The standard InChI is InChI=1S/C14H19NO3/c16-14(17)13(11-5-2-1-3-6-11)10-18-12-7-4-8-15-9-12/h4,7-9,11,13H,1-3,5-6,10H2,(H,16,17). The van der Waals surface area contributed by atoms with Crippen LogP contribution in [0, 0.1) is 11.8 Å². The lowest BCUT2D eigenvalue weighted by Gasteiger charge is -2.27. The Morgan fingerprint density at radius 3 is 2.83 bits per heavy atom. The molecule has 0 aliphatic heterocycles. The van der Waals surface area contributed by atoms with Gasteiger partial charge in [0.05, 0.1) is 12.1 Å². The van der Waals surface area contributed by atoms with E-state index >= 15 is 0 Å². The van der Waals surface area contributed by atoms with E-state index in [-0.39, 0.29) is 12.5 Å². The minimum Gasteiger partial charge on any atom is -0.491 e. The molecule has 1 N–H and O–H groups in total. The van der Waals surface area contributed by atoms with E-state index < -0.39 is 11.9 Å². The zero-order chi connectivity index (χ0) is 12.8. The molecule has 0 bridgehead atoms. The van der Waals surface area contributed by atoms with Crippen LogP contribution in [0.4, 0.5) is 0 Å². The molecule has 98 valence electrons. The second-order valence-corrected chi connectivity index (χ2v) is 4.84. The number of aliphatic carboxylic acids is 1. The lowest BCUT2D eigenvalue weighted by molar-refractivity contribution is -0.145. The minimum absolute atomic E-state index is 0.242. The van der Waals surface area contributed by atoms with E-state index in [0.29, 0.717) is 5.75 Å². The Kier molecular flexibility index (Phi) is 4.56. The third-order valence-electron chi connectivity index (χ3n) is 3.60. The van der Waals surface area contributed by atoms with Gasteiger partial charge in [-0.3, -0.25) is 9.78 Å². The summed E-state index contributed by atoms with van der Waals surface area (Å²) in [6.07, 6.45) is 8.80. The van der Waals surface area contributed by atoms with Gasteiger partial charge in [-0.2, -0.15) is 0 Å². The first kappa shape index (κ1) is 12.9. The van der Waals surface area contributed by atoms with Crippen molar-refractivity contribution in [3.05, 3.63) is 24.5 Å². The van der Waals surface area contributed by atoms with E-state index in [1.807, 2.05) is 0 Å². The van der Waals surface area contributed by atoms with Gasteiger partial charge in [0, 0.05) is 6.20 Å². The third-order valence-corrected chi connectivity index (χ3v) is 3.60. The first-order chi connectivity index (χ1) is 8.77. The normalized spacial score (nSPS) is 18.2. The summed E-state index contributed by atoms with van der Waals surface area (Å²) in [6.45, 7) is 0.242. The average Bonchev–Trinajstić information content (AvgIpc) is 2.41. The van der Waals surface area contributed by atoms with E-state index in [1.54, 1.807) is 24.5 Å². The highest BCUT2D eigenvalue weighted by Crippen LogP contribution is 2.30. The summed E-state index contributed by atoms with van der Waals surface area (Å²) in [4.78, 5) is 15.3. The Labute approximate surface area is 107 Å². The molecular formula is C14H19NO3. The van der Waals surface area contributed by atoms with E-state index in [0.717, 1.165) is 25.7 Å². The Morgan fingerprint density at radius 2 is 2.22 bits per heavy atom. The lowest BCUT2D eigenvalue weighted by Crippen LogP contribution is -2.30. The molecule has 2 rings (SSSR count). The van der Waals surface area contributed by atoms with Gasteiger partial charge in [0.2, 0.25) is 0 Å². The maximum atomic E-state index is 11.3. The average molecular weight is 249 g/mol. The van der Waals surface area contributed by atoms with Gasteiger partial charge in [0.1, 0.15) is 12.4 Å². The van der Waals surface area contributed by atoms with Crippen molar-refractivity contribution in [2.75, 3.05) is 6.61 Å². The van der Waals surface area contributed by atoms with Crippen LogP contribution in [0.2, 0.25) is 0 Å². The highest BCUT2D eigenvalue weighted by Gasteiger charge is 2.29. The highest BCUT2D eigenvalue weighted by atomic mass is 16.5. The smallest absolute Gasteiger partial charge is 0.310 e. The molecule has 0 amide bonds. The van der Waals surface area contributed by atoms with Crippen LogP contribution in [0.1, 0.15) is 32.1 Å². The van der Waals surface area contributed by atoms with Crippen LogP contribution >= 0.6 is 0 Å². The molecule has 18 heavy (non-hydrogen) atoms. The molecule has 1 aliphatic rings. The van der Waals surface area contributed by atoms with E-state index in [2.05, 4.69) is 4.98 Å². The first-order valence-corrected chi connectivity index (χ1v) is 6.53. The molecule has 0 radical (unpaired) electrons. The molecule has 0 spiro atoms. The van der Waals surface area contributed by atoms with Crippen LogP contribution in [0.5, 0.6) is 5.75 Å². The summed E-state index contributed by atoms with van der Waals surface area (Å²) < 4.78 is 5.54.